The van der Waals surface area contributed by atoms with Crippen LogP contribution in [0, 0.1) is 6.92 Å². The summed E-state index contributed by atoms with van der Waals surface area (Å²) in [7, 11) is 0. The Morgan fingerprint density at radius 1 is 1.07 bits per heavy atom. The largest absolute Gasteiger partial charge is 0.0884 e. The number of hydrogen-bond donors (Lipinski definition) is 0. The van der Waals surface area contributed by atoms with Crippen molar-refractivity contribution in [1.29, 1.82) is 0 Å². The van der Waals surface area contributed by atoms with Crippen LogP contribution in [0.25, 0.3) is 0 Å². The zero-order chi connectivity index (χ0) is 10.6. The van der Waals surface area contributed by atoms with E-state index in [9.17, 15) is 0 Å². The summed E-state index contributed by atoms with van der Waals surface area (Å²) in [5, 5.41) is 0. The Hall–Kier alpha value is -0.300. The molecule has 2 atom stereocenters. The standard InChI is InChI=1S/C13H19Br/c1-4-12(13(14)5-2)11-8-6-10(3)7-9-11/h6-9,12-13H,4-5H2,1-3H3. The van der Waals surface area contributed by atoms with Gasteiger partial charge in [0.15, 0.2) is 0 Å². The Kier molecular flexibility index (Phi) is 4.67. The Balaban J connectivity index is 2.84. The first-order chi connectivity index (χ1) is 6.69. The molecule has 0 spiro atoms. The molecule has 0 saturated heterocycles. The van der Waals surface area contributed by atoms with E-state index < -0.39 is 0 Å². The van der Waals surface area contributed by atoms with Crippen LogP contribution >= 0.6 is 15.9 Å². The molecular formula is C13H19Br. The first-order valence-corrected chi connectivity index (χ1v) is 6.31. The minimum atomic E-state index is 0.607. The highest BCUT2D eigenvalue weighted by Gasteiger charge is 2.16. The smallest absolute Gasteiger partial charge is 0.0211 e. The third-order valence-corrected chi connectivity index (χ3v) is 4.06. The average Bonchev–Trinajstić information content (AvgIpc) is 2.21. The molecule has 0 saturated carbocycles. The average molecular weight is 255 g/mol. The van der Waals surface area contributed by atoms with Crippen LogP contribution in [-0.4, -0.2) is 4.83 Å². The van der Waals surface area contributed by atoms with E-state index in [2.05, 4.69) is 61.0 Å². The minimum absolute atomic E-state index is 0.607. The lowest BCUT2D eigenvalue weighted by atomic mass is 9.91. The van der Waals surface area contributed by atoms with Gasteiger partial charge in [-0.05, 0) is 31.2 Å². The quantitative estimate of drug-likeness (QED) is 0.686. The molecule has 0 bridgehead atoms. The lowest BCUT2D eigenvalue weighted by molar-refractivity contribution is 0.620. The van der Waals surface area contributed by atoms with Crippen LogP contribution in [0.1, 0.15) is 43.7 Å². The highest BCUT2D eigenvalue weighted by atomic mass is 79.9. The summed E-state index contributed by atoms with van der Waals surface area (Å²) in [5.41, 5.74) is 2.80. The van der Waals surface area contributed by atoms with Crippen molar-refractivity contribution in [3.8, 4) is 0 Å². The summed E-state index contributed by atoms with van der Waals surface area (Å²) in [5.74, 6) is 0.653. The van der Waals surface area contributed by atoms with E-state index in [0.29, 0.717) is 10.7 Å². The van der Waals surface area contributed by atoms with E-state index in [4.69, 9.17) is 0 Å². The maximum absolute atomic E-state index is 3.76. The van der Waals surface area contributed by atoms with Gasteiger partial charge in [-0.1, -0.05) is 59.6 Å². The molecule has 0 aliphatic rings. The zero-order valence-electron chi connectivity index (χ0n) is 9.26. The van der Waals surface area contributed by atoms with E-state index >= 15 is 0 Å². The third kappa shape index (κ3) is 2.84. The second kappa shape index (κ2) is 5.55. The lowest BCUT2D eigenvalue weighted by Gasteiger charge is -2.20. The molecule has 1 rings (SSSR count). The second-order valence-corrected chi connectivity index (χ2v) is 5.03. The van der Waals surface area contributed by atoms with E-state index in [-0.39, 0.29) is 0 Å². The lowest BCUT2D eigenvalue weighted by Crippen LogP contribution is -2.10. The molecule has 0 amide bonds. The minimum Gasteiger partial charge on any atom is -0.0884 e. The van der Waals surface area contributed by atoms with E-state index in [0.717, 1.165) is 0 Å². The Morgan fingerprint density at radius 2 is 1.64 bits per heavy atom. The number of aryl methyl sites for hydroxylation is 1. The molecule has 0 nitrogen and oxygen atoms in total. The molecule has 14 heavy (non-hydrogen) atoms. The maximum atomic E-state index is 3.76. The van der Waals surface area contributed by atoms with E-state index in [1.165, 1.54) is 24.0 Å². The Labute approximate surface area is 95.9 Å². The van der Waals surface area contributed by atoms with Gasteiger partial charge < -0.3 is 0 Å². The van der Waals surface area contributed by atoms with Crippen LogP contribution < -0.4 is 0 Å². The van der Waals surface area contributed by atoms with Crippen LogP contribution in [-0.2, 0) is 0 Å². The number of alkyl halides is 1. The SMILES string of the molecule is CCC(Br)C(CC)c1ccc(C)cc1. The van der Waals surface area contributed by atoms with Gasteiger partial charge in [-0.2, -0.15) is 0 Å². The molecule has 1 aromatic carbocycles. The number of rotatable bonds is 4. The monoisotopic (exact) mass is 254 g/mol. The molecule has 0 aromatic heterocycles. The summed E-state index contributed by atoms with van der Waals surface area (Å²) < 4.78 is 0. The predicted octanol–water partition coefficient (Wildman–Crippen LogP) is 4.66. The summed E-state index contributed by atoms with van der Waals surface area (Å²) >= 11 is 3.76. The highest BCUT2D eigenvalue weighted by Crippen LogP contribution is 2.30. The topological polar surface area (TPSA) is 0 Å². The summed E-state index contributed by atoms with van der Waals surface area (Å²) in [4.78, 5) is 0.607. The van der Waals surface area contributed by atoms with Crippen molar-refractivity contribution in [2.45, 2.75) is 44.4 Å². The predicted molar refractivity (Wildman–Crippen MR) is 67.2 cm³/mol. The van der Waals surface area contributed by atoms with Crippen molar-refractivity contribution in [1.82, 2.24) is 0 Å². The summed E-state index contributed by atoms with van der Waals surface area (Å²) in [6, 6.07) is 8.92. The number of hydrogen-bond acceptors (Lipinski definition) is 0. The molecule has 0 fully saturated rings. The van der Waals surface area contributed by atoms with E-state index in [1.807, 2.05) is 0 Å². The van der Waals surface area contributed by atoms with Gasteiger partial charge in [-0.15, -0.1) is 0 Å². The fraction of sp³-hybridized carbons (Fsp3) is 0.538. The summed E-state index contributed by atoms with van der Waals surface area (Å²) in [6.07, 6.45) is 2.39. The van der Waals surface area contributed by atoms with Crippen molar-refractivity contribution in [3.05, 3.63) is 35.4 Å². The molecule has 0 radical (unpaired) electrons. The van der Waals surface area contributed by atoms with Crippen molar-refractivity contribution in [2.75, 3.05) is 0 Å². The first-order valence-electron chi connectivity index (χ1n) is 5.39. The van der Waals surface area contributed by atoms with Crippen LogP contribution in [0.4, 0.5) is 0 Å². The van der Waals surface area contributed by atoms with Crippen LogP contribution in [0.15, 0.2) is 24.3 Å². The van der Waals surface area contributed by atoms with Gasteiger partial charge in [0, 0.05) is 4.83 Å². The molecule has 1 aromatic rings. The van der Waals surface area contributed by atoms with Crippen molar-refractivity contribution in [2.24, 2.45) is 0 Å². The fourth-order valence-corrected chi connectivity index (χ4v) is 2.48. The molecule has 0 aliphatic heterocycles. The summed E-state index contributed by atoms with van der Waals surface area (Å²) in [6.45, 7) is 6.63. The second-order valence-electron chi connectivity index (χ2n) is 3.85. The van der Waals surface area contributed by atoms with Crippen molar-refractivity contribution < 1.29 is 0 Å². The van der Waals surface area contributed by atoms with Gasteiger partial charge in [0.2, 0.25) is 0 Å². The molecule has 0 aliphatic carbocycles. The van der Waals surface area contributed by atoms with Gasteiger partial charge in [0.25, 0.3) is 0 Å². The van der Waals surface area contributed by atoms with Crippen LogP contribution in [0.5, 0.6) is 0 Å². The van der Waals surface area contributed by atoms with Gasteiger partial charge in [0.05, 0.1) is 0 Å². The number of benzene rings is 1. The maximum Gasteiger partial charge on any atom is 0.0211 e. The molecular weight excluding hydrogens is 236 g/mol. The van der Waals surface area contributed by atoms with Gasteiger partial charge in [0.1, 0.15) is 0 Å². The first kappa shape index (κ1) is 11.8. The Morgan fingerprint density at radius 3 is 2.07 bits per heavy atom. The van der Waals surface area contributed by atoms with Gasteiger partial charge in [-0.25, -0.2) is 0 Å². The molecule has 2 unspecified atom stereocenters. The normalized spacial score (nSPS) is 15.1. The highest BCUT2D eigenvalue weighted by molar-refractivity contribution is 9.09. The molecule has 1 heteroatoms. The fourth-order valence-electron chi connectivity index (χ4n) is 1.80. The molecule has 0 heterocycles. The zero-order valence-corrected chi connectivity index (χ0v) is 10.8. The molecule has 78 valence electrons. The van der Waals surface area contributed by atoms with Gasteiger partial charge in [-0.3, -0.25) is 0 Å². The van der Waals surface area contributed by atoms with Crippen LogP contribution in [0.2, 0.25) is 0 Å². The van der Waals surface area contributed by atoms with E-state index in [1.54, 1.807) is 0 Å². The number of halogens is 1. The van der Waals surface area contributed by atoms with Crippen LogP contribution in [0.3, 0.4) is 0 Å². The van der Waals surface area contributed by atoms with Gasteiger partial charge >= 0.3 is 0 Å². The van der Waals surface area contributed by atoms with Crippen molar-refractivity contribution in [3.63, 3.8) is 0 Å². The molecule has 0 N–H and O–H groups in total. The van der Waals surface area contributed by atoms with Crippen molar-refractivity contribution >= 4 is 15.9 Å². The third-order valence-electron chi connectivity index (χ3n) is 2.77. The Bertz CT molecular complexity index is 263.